The van der Waals surface area contributed by atoms with E-state index in [0.29, 0.717) is 12.1 Å². The number of alkyl halides is 1. The first-order valence-electron chi connectivity index (χ1n) is 4.64. The van der Waals surface area contributed by atoms with Crippen molar-refractivity contribution in [2.75, 3.05) is 11.9 Å². The van der Waals surface area contributed by atoms with E-state index in [1.807, 2.05) is 0 Å². The number of carbonyl (C=O) groups is 1. The molecule has 82 valence electrons. The van der Waals surface area contributed by atoms with Crippen LogP contribution < -0.4 is 5.32 Å². The molecular formula is C10H14BrN3O. The van der Waals surface area contributed by atoms with Gasteiger partial charge in [-0.05, 0) is 5.41 Å². The predicted octanol–water partition coefficient (Wildman–Crippen LogP) is 1.63. The second kappa shape index (κ2) is 5.21. The Morgan fingerprint density at radius 2 is 2.07 bits per heavy atom. The van der Waals surface area contributed by atoms with Crippen molar-refractivity contribution in [2.24, 2.45) is 5.41 Å². The molecule has 0 aliphatic carbocycles. The lowest BCUT2D eigenvalue weighted by molar-refractivity contribution is 0.0939. The second-order valence-electron chi connectivity index (χ2n) is 4.11. The van der Waals surface area contributed by atoms with Crippen LogP contribution in [0.2, 0.25) is 0 Å². The van der Waals surface area contributed by atoms with Crippen molar-refractivity contribution in [1.82, 2.24) is 15.3 Å². The Balaban J connectivity index is 2.51. The van der Waals surface area contributed by atoms with Crippen LogP contribution >= 0.6 is 15.9 Å². The SMILES string of the molecule is CC(C)(CBr)CNC(=O)c1cncnc1. The van der Waals surface area contributed by atoms with Gasteiger partial charge in [-0.3, -0.25) is 4.79 Å². The summed E-state index contributed by atoms with van der Waals surface area (Å²) >= 11 is 3.40. The Kier molecular flexibility index (Phi) is 4.20. The molecule has 1 aromatic rings. The van der Waals surface area contributed by atoms with E-state index in [2.05, 4.69) is 45.1 Å². The largest absolute Gasteiger partial charge is 0.351 e. The van der Waals surface area contributed by atoms with E-state index < -0.39 is 0 Å². The molecule has 0 aliphatic rings. The van der Waals surface area contributed by atoms with Gasteiger partial charge in [-0.15, -0.1) is 0 Å². The molecule has 0 radical (unpaired) electrons. The highest BCUT2D eigenvalue weighted by Gasteiger charge is 2.17. The first-order chi connectivity index (χ1) is 7.05. The molecule has 0 saturated carbocycles. The topological polar surface area (TPSA) is 54.9 Å². The van der Waals surface area contributed by atoms with Gasteiger partial charge >= 0.3 is 0 Å². The second-order valence-corrected chi connectivity index (χ2v) is 4.67. The first-order valence-corrected chi connectivity index (χ1v) is 5.76. The van der Waals surface area contributed by atoms with E-state index in [0.717, 1.165) is 5.33 Å². The molecular weight excluding hydrogens is 258 g/mol. The monoisotopic (exact) mass is 271 g/mol. The van der Waals surface area contributed by atoms with Gasteiger partial charge in [0.25, 0.3) is 5.91 Å². The Morgan fingerprint density at radius 3 is 2.60 bits per heavy atom. The highest BCUT2D eigenvalue weighted by Crippen LogP contribution is 2.16. The summed E-state index contributed by atoms with van der Waals surface area (Å²) in [5.41, 5.74) is 0.536. The van der Waals surface area contributed by atoms with Gasteiger partial charge in [-0.25, -0.2) is 9.97 Å². The van der Waals surface area contributed by atoms with Crippen molar-refractivity contribution in [1.29, 1.82) is 0 Å². The van der Waals surface area contributed by atoms with E-state index in [1.54, 1.807) is 0 Å². The zero-order chi connectivity index (χ0) is 11.3. The zero-order valence-electron chi connectivity index (χ0n) is 8.83. The van der Waals surface area contributed by atoms with Gasteiger partial charge in [0.1, 0.15) is 6.33 Å². The van der Waals surface area contributed by atoms with E-state index in [9.17, 15) is 4.79 Å². The number of hydrogen-bond acceptors (Lipinski definition) is 3. The fourth-order valence-corrected chi connectivity index (χ4v) is 1.08. The average molecular weight is 272 g/mol. The molecule has 1 rings (SSSR count). The summed E-state index contributed by atoms with van der Waals surface area (Å²) < 4.78 is 0. The summed E-state index contributed by atoms with van der Waals surface area (Å²) in [4.78, 5) is 19.2. The van der Waals surface area contributed by atoms with Crippen LogP contribution in [0.5, 0.6) is 0 Å². The van der Waals surface area contributed by atoms with Gasteiger partial charge in [-0.1, -0.05) is 29.8 Å². The maximum Gasteiger partial charge on any atom is 0.254 e. The maximum absolute atomic E-state index is 11.6. The number of carbonyl (C=O) groups excluding carboxylic acids is 1. The number of rotatable bonds is 4. The molecule has 1 aromatic heterocycles. The smallest absolute Gasteiger partial charge is 0.254 e. The average Bonchev–Trinajstić information content (AvgIpc) is 2.27. The summed E-state index contributed by atoms with van der Waals surface area (Å²) in [6, 6.07) is 0. The van der Waals surface area contributed by atoms with Crippen molar-refractivity contribution >= 4 is 21.8 Å². The zero-order valence-corrected chi connectivity index (χ0v) is 10.4. The minimum Gasteiger partial charge on any atom is -0.351 e. The minimum atomic E-state index is -0.135. The van der Waals surface area contributed by atoms with Gasteiger partial charge in [-0.2, -0.15) is 0 Å². The van der Waals surface area contributed by atoms with E-state index in [-0.39, 0.29) is 11.3 Å². The highest BCUT2D eigenvalue weighted by molar-refractivity contribution is 9.09. The Labute approximate surface area is 97.6 Å². The molecule has 0 aliphatic heterocycles. The van der Waals surface area contributed by atoms with Gasteiger partial charge in [0.05, 0.1) is 5.56 Å². The van der Waals surface area contributed by atoms with Gasteiger partial charge in [0.2, 0.25) is 0 Å². The van der Waals surface area contributed by atoms with Crippen LogP contribution in [0.15, 0.2) is 18.7 Å². The molecule has 0 saturated heterocycles. The third-order valence-electron chi connectivity index (χ3n) is 1.91. The fourth-order valence-electron chi connectivity index (χ4n) is 0.885. The van der Waals surface area contributed by atoms with E-state index >= 15 is 0 Å². The molecule has 5 heteroatoms. The summed E-state index contributed by atoms with van der Waals surface area (Å²) in [5, 5.41) is 3.68. The quantitative estimate of drug-likeness (QED) is 0.847. The van der Waals surface area contributed by atoms with Crippen LogP contribution in [0.25, 0.3) is 0 Å². The number of nitrogens with one attached hydrogen (secondary N) is 1. The lowest BCUT2D eigenvalue weighted by atomic mass is 9.97. The van der Waals surface area contributed by atoms with E-state index in [1.165, 1.54) is 18.7 Å². The number of halogens is 1. The van der Waals surface area contributed by atoms with Crippen LogP contribution in [-0.4, -0.2) is 27.7 Å². The van der Waals surface area contributed by atoms with Gasteiger partial charge < -0.3 is 5.32 Å². The molecule has 1 heterocycles. The third kappa shape index (κ3) is 3.95. The van der Waals surface area contributed by atoms with Gasteiger partial charge in [0.15, 0.2) is 0 Å². The number of hydrogen-bond donors (Lipinski definition) is 1. The Hall–Kier alpha value is -0.970. The Morgan fingerprint density at radius 1 is 1.47 bits per heavy atom. The number of amides is 1. The third-order valence-corrected chi connectivity index (χ3v) is 3.43. The van der Waals surface area contributed by atoms with E-state index in [4.69, 9.17) is 0 Å². The number of nitrogens with zero attached hydrogens (tertiary/aromatic N) is 2. The normalized spacial score (nSPS) is 11.1. The molecule has 1 N–H and O–H groups in total. The number of aromatic nitrogens is 2. The fraction of sp³-hybridized carbons (Fsp3) is 0.500. The summed E-state index contributed by atoms with van der Waals surface area (Å²) in [6.45, 7) is 4.76. The molecule has 4 nitrogen and oxygen atoms in total. The van der Waals surface area contributed by atoms with Crippen molar-refractivity contribution in [3.63, 3.8) is 0 Å². The van der Waals surface area contributed by atoms with Gasteiger partial charge in [0, 0.05) is 24.3 Å². The molecule has 0 unspecified atom stereocenters. The standard InChI is InChI=1S/C10H14BrN3O/c1-10(2,5-11)6-14-9(15)8-3-12-7-13-4-8/h3-4,7H,5-6H2,1-2H3,(H,14,15). The Bertz CT molecular complexity index is 327. The van der Waals surface area contributed by atoms with Crippen LogP contribution in [0.1, 0.15) is 24.2 Å². The molecule has 0 bridgehead atoms. The van der Waals surface area contributed by atoms with Crippen molar-refractivity contribution in [3.8, 4) is 0 Å². The van der Waals surface area contributed by atoms with Crippen LogP contribution in [0.3, 0.4) is 0 Å². The lowest BCUT2D eigenvalue weighted by Crippen LogP contribution is -2.34. The molecule has 0 fully saturated rings. The minimum absolute atomic E-state index is 0.0469. The predicted molar refractivity (Wildman–Crippen MR) is 61.9 cm³/mol. The van der Waals surface area contributed by atoms with Crippen LogP contribution in [-0.2, 0) is 0 Å². The molecule has 0 atom stereocenters. The van der Waals surface area contributed by atoms with Crippen molar-refractivity contribution in [3.05, 3.63) is 24.3 Å². The molecule has 0 spiro atoms. The summed E-state index contributed by atoms with van der Waals surface area (Å²) in [5.74, 6) is -0.135. The highest BCUT2D eigenvalue weighted by atomic mass is 79.9. The van der Waals surface area contributed by atoms with Crippen molar-refractivity contribution < 1.29 is 4.79 Å². The molecule has 15 heavy (non-hydrogen) atoms. The van der Waals surface area contributed by atoms with Crippen LogP contribution in [0, 0.1) is 5.41 Å². The first kappa shape index (κ1) is 12.1. The maximum atomic E-state index is 11.6. The summed E-state index contributed by atoms with van der Waals surface area (Å²) in [6.07, 6.45) is 4.41. The lowest BCUT2D eigenvalue weighted by Gasteiger charge is -2.21. The van der Waals surface area contributed by atoms with Crippen LogP contribution in [0.4, 0.5) is 0 Å². The molecule has 0 aromatic carbocycles. The summed E-state index contributed by atoms with van der Waals surface area (Å²) in [7, 11) is 0. The van der Waals surface area contributed by atoms with Crippen molar-refractivity contribution in [2.45, 2.75) is 13.8 Å². The molecule has 1 amide bonds.